The first-order valence-electron chi connectivity index (χ1n) is 5.51. The Kier molecular flexibility index (Phi) is 3.45. The van der Waals surface area contributed by atoms with Crippen LogP contribution in [-0.2, 0) is 12.6 Å². The second kappa shape index (κ2) is 4.74. The molecule has 4 nitrogen and oxygen atoms in total. The highest BCUT2D eigenvalue weighted by atomic mass is 79.9. The van der Waals surface area contributed by atoms with E-state index in [-0.39, 0.29) is 0 Å². The van der Waals surface area contributed by atoms with Crippen molar-refractivity contribution in [2.45, 2.75) is 12.5 Å². The first-order valence-corrected chi connectivity index (χ1v) is 6.31. The highest BCUT2D eigenvalue weighted by Gasteiger charge is 2.32. The maximum absolute atomic E-state index is 10.8. The molecule has 0 saturated carbocycles. The summed E-state index contributed by atoms with van der Waals surface area (Å²) >= 11 is 3.41. The summed E-state index contributed by atoms with van der Waals surface area (Å²) in [5.41, 5.74) is 0.238. The molecule has 96 valence electrons. The summed E-state index contributed by atoms with van der Waals surface area (Å²) in [5.74, 6) is 0.572. The van der Waals surface area contributed by atoms with E-state index in [1.54, 1.807) is 32.0 Å². The van der Waals surface area contributed by atoms with Crippen LogP contribution in [0.1, 0.15) is 18.2 Å². The third kappa shape index (κ3) is 2.15. The van der Waals surface area contributed by atoms with Crippen LogP contribution in [0.4, 0.5) is 0 Å². The van der Waals surface area contributed by atoms with Gasteiger partial charge in [0.1, 0.15) is 11.3 Å². The molecule has 0 amide bonds. The van der Waals surface area contributed by atoms with Gasteiger partial charge in [0.05, 0.1) is 13.3 Å². The topological polar surface area (TPSA) is 47.3 Å². The summed E-state index contributed by atoms with van der Waals surface area (Å²) in [4.78, 5) is 0. The summed E-state index contributed by atoms with van der Waals surface area (Å²) in [5, 5.41) is 14.9. The van der Waals surface area contributed by atoms with Crippen molar-refractivity contribution in [2.24, 2.45) is 7.05 Å². The average molecular weight is 311 g/mol. The van der Waals surface area contributed by atoms with Gasteiger partial charge < -0.3 is 9.84 Å². The van der Waals surface area contributed by atoms with Gasteiger partial charge in [-0.15, -0.1) is 0 Å². The minimum atomic E-state index is -1.17. The Labute approximate surface area is 114 Å². The molecule has 0 saturated heterocycles. The number of nitrogens with zero attached hydrogens (tertiary/aromatic N) is 2. The van der Waals surface area contributed by atoms with E-state index in [0.717, 1.165) is 10.0 Å². The summed E-state index contributed by atoms with van der Waals surface area (Å²) in [6.07, 6.45) is 1.60. The maximum atomic E-state index is 10.8. The van der Waals surface area contributed by atoms with Gasteiger partial charge in [-0.05, 0) is 24.6 Å². The van der Waals surface area contributed by atoms with E-state index in [2.05, 4.69) is 21.0 Å². The Bertz CT molecular complexity index is 564. The minimum absolute atomic E-state index is 0.572. The van der Waals surface area contributed by atoms with Gasteiger partial charge in [0.15, 0.2) is 5.75 Å². The third-order valence-electron chi connectivity index (χ3n) is 2.97. The van der Waals surface area contributed by atoms with Gasteiger partial charge >= 0.3 is 0 Å². The quantitative estimate of drug-likeness (QED) is 0.947. The number of ether oxygens (including phenoxy) is 1. The molecule has 1 aromatic heterocycles. The molecule has 0 radical (unpaired) electrons. The van der Waals surface area contributed by atoms with Crippen molar-refractivity contribution in [3.8, 4) is 5.75 Å². The molecule has 1 aromatic carbocycles. The fourth-order valence-corrected chi connectivity index (χ4v) is 2.45. The highest BCUT2D eigenvalue weighted by molar-refractivity contribution is 9.10. The molecular weight excluding hydrogens is 296 g/mol. The molecule has 1 unspecified atom stereocenters. The lowest BCUT2D eigenvalue weighted by Gasteiger charge is -2.25. The number of rotatable bonds is 3. The van der Waals surface area contributed by atoms with Crippen molar-refractivity contribution in [3.63, 3.8) is 0 Å². The Hall–Kier alpha value is -1.33. The summed E-state index contributed by atoms with van der Waals surface area (Å²) in [7, 11) is 3.35. The van der Waals surface area contributed by atoms with Crippen molar-refractivity contribution in [1.82, 2.24) is 9.78 Å². The van der Waals surface area contributed by atoms with Crippen LogP contribution in [0, 0.1) is 0 Å². The van der Waals surface area contributed by atoms with Gasteiger partial charge in [0.25, 0.3) is 0 Å². The Morgan fingerprint density at radius 1 is 1.44 bits per heavy atom. The highest BCUT2D eigenvalue weighted by Crippen LogP contribution is 2.35. The van der Waals surface area contributed by atoms with E-state index in [4.69, 9.17) is 4.74 Å². The molecule has 1 heterocycles. The molecule has 0 aliphatic rings. The number of aryl methyl sites for hydroxylation is 1. The fraction of sp³-hybridized carbons (Fsp3) is 0.308. The summed E-state index contributed by atoms with van der Waals surface area (Å²) in [6, 6.07) is 7.56. The summed E-state index contributed by atoms with van der Waals surface area (Å²) < 4.78 is 7.79. The molecule has 5 heteroatoms. The SMILES string of the molecule is COc1cnn(C)c1C(C)(O)c1cccc(Br)c1. The van der Waals surface area contributed by atoms with E-state index in [1.165, 1.54) is 0 Å². The predicted octanol–water partition coefficient (Wildman–Crippen LogP) is 2.45. The van der Waals surface area contributed by atoms with E-state index >= 15 is 0 Å². The van der Waals surface area contributed by atoms with Crippen molar-refractivity contribution < 1.29 is 9.84 Å². The number of benzene rings is 1. The zero-order valence-electron chi connectivity index (χ0n) is 10.5. The van der Waals surface area contributed by atoms with Gasteiger partial charge in [-0.1, -0.05) is 28.1 Å². The van der Waals surface area contributed by atoms with Gasteiger partial charge in [-0.3, -0.25) is 4.68 Å². The molecule has 0 spiro atoms. The number of hydrogen-bond acceptors (Lipinski definition) is 3. The predicted molar refractivity (Wildman–Crippen MR) is 72.6 cm³/mol. The van der Waals surface area contributed by atoms with Crippen molar-refractivity contribution >= 4 is 15.9 Å². The first kappa shape index (κ1) is 13.1. The molecule has 2 aromatic rings. The van der Waals surface area contributed by atoms with Crippen LogP contribution < -0.4 is 4.74 Å². The van der Waals surface area contributed by atoms with Crippen LogP contribution in [0.5, 0.6) is 5.75 Å². The Morgan fingerprint density at radius 2 is 2.17 bits per heavy atom. The maximum Gasteiger partial charge on any atom is 0.163 e. The van der Waals surface area contributed by atoms with Gasteiger partial charge in [0.2, 0.25) is 0 Å². The van der Waals surface area contributed by atoms with Gasteiger partial charge in [-0.2, -0.15) is 5.10 Å². The van der Waals surface area contributed by atoms with Crippen LogP contribution in [0.2, 0.25) is 0 Å². The lowest BCUT2D eigenvalue weighted by Crippen LogP contribution is -2.26. The summed E-state index contributed by atoms with van der Waals surface area (Å²) in [6.45, 7) is 1.73. The minimum Gasteiger partial charge on any atom is -0.493 e. The fourth-order valence-electron chi connectivity index (χ4n) is 2.05. The molecule has 0 bridgehead atoms. The lowest BCUT2D eigenvalue weighted by atomic mass is 9.92. The molecule has 18 heavy (non-hydrogen) atoms. The van der Waals surface area contributed by atoms with Crippen LogP contribution >= 0.6 is 15.9 Å². The third-order valence-corrected chi connectivity index (χ3v) is 3.47. The zero-order valence-corrected chi connectivity index (χ0v) is 12.1. The molecular formula is C13H15BrN2O2. The molecule has 2 rings (SSSR count). The van der Waals surface area contributed by atoms with E-state index in [1.807, 2.05) is 24.3 Å². The van der Waals surface area contributed by atoms with E-state index in [0.29, 0.717) is 11.4 Å². The van der Waals surface area contributed by atoms with Gasteiger partial charge in [-0.25, -0.2) is 0 Å². The second-order valence-electron chi connectivity index (χ2n) is 4.27. The van der Waals surface area contributed by atoms with Crippen molar-refractivity contribution in [3.05, 3.63) is 46.2 Å². The first-order chi connectivity index (χ1) is 8.46. The molecule has 1 atom stereocenters. The van der Waals surface area contributed by atoms with Gasteiger partial charge in [0, 0.05) is 11.5 Å². The lowest BCUT2D eigenvalue weighted by molar-refractivity contribution is 0.0896. The Morgan fingerprint density at radius 3 is 2.78 bits per heavy atom. The monoisotopic (exact) mass is 310 g/mol. The van der Waals surface area contributed by atoms with Crippen LogP contribution in [-0.4, -0.2) is 22.0 Å². The Balaban J connectivity index is 2.57. The number of methoxy groups -OCH3 is 1. The molecule has 0 aliphatic heterocycles. The second-order valence-corrected chi connectivity index (χ2v) is 5.18. The van der Waals surface area contributed by atoms with Crippen LogP contribution in [0.15, 0.2) is 34.9 Å². The van der Waals surface area contributed by atoms with Crippen LogP contribution in [0.3, 0.4) is 0 Å². The molecule has 0 fully saturated rings. The molecule has 0 aliphatic carbocycles. The average Bonchev–Trinajstić information content (AvgIpc) is 2.71. The standard InChI is InChI=1S/C13H15BrN2O2/c1-13(17,9-5-4-6-10(14)7-9)12-11(18-3)8-15-16(12)2/h4-8,17H,1-3H3. The number of aromatic nitrogens is 2. The number of hydrogen-bond donors (Lipinski definition) is 1. The largest absolute Gasteiger partial charge is 0.493 e. The number of halogens is 1. The van der Waals surface area contributed by atoms with Crippen molar-refractivity contribution in [2.75, 3.05) is 7.11 Å². The van der Waals surface area contributed by atoms with Crippen molar-refractivity contribution in [1.29, 1.82) is 0 Å². The molecule has 1 N–H and O–H groups in total. The van der Waals surface area contributed by atoms with E-state index < -0.39 is 5.60 Å². The number of aliphatic hydroxyl groups is 1. The van der Waals surface area contributed by atoms with Crippen LogP contribution in [0.25, 0.3) is 0 Å². The van der Waals surface area contributed by atoms with E-state index in [9.17, 15) is 5.11 Å². The zero-order chi connectivity index (χ0) is 13.3. The smallest absolute Gasteiger partial charge is 0.163 e. The normalized spacial score (nSPS) is 14.3.